The number of hydrogen-bond donors (Lipinski definition) is 1. The number of nitrogens with one attached hydrogen (secondary N) is 1. The van der Waals surface area contributed by atoms with Gasteiger partial charge in [0, 0.05) is 23.1 Å². The first-order valence-electron chi connectivity index (χ1n) is 11.0. The molecule has 0 saturated heterocycles. The average molecular weight is 493 g/mol. The summed E-state index contributed by atoms with van der Waals surface area (Å²) >= 11 is 1.37. The maximum Gasteiger partial charge on any atom is 0.270 e. The van der Waals surface area contributed by atoms with Crippen LogP contribution in [0.2, 0.25) is 0 Å². The van der Waals surface area contributed by atoms with Crippen molar-refractivity contribution in [1.82, 2.24) is 10.3 Å². The minimum atomic E-state index is -0.319. The molecule has 0 radical (unpaired) electrons. The number of methoxy groups -OCH3 is 2. The Kier molecular flexibility index (Phi) is 7.95. The molecule has 1 amide bonds. The number of hydrogen-bond acceptors (Lipinski definition) is 6. The van der Waals surface area contributed by atoms with E-state index in [1.807, 2.05) is 30.3 Å². The second-order valence-electron chi connectivity index (χ2n) is 7.64. The first kappa shape index (κ1) is 24.2. The zero-order valence-corrected chi connectivity index (χ0v) is 20.2. The Labute approximate surface area is 207 Å². The number of amides is 1. The first-order valence-corrected chi connectivity index (χ1v) is 11.9. The second-order valence-corrected chi connectivity index (χ2v) is 8.50. The molecule has 4 rings (SSSR count). The van der Waals surface area contributed by atoms with Crippen LogP contribution >= 0.6 is 11.3 Å². The van der Waals surface area contributed by atoms with E-state index in [2.05, 4.69) is 10.3 Å². The van der Waals surface area contributed by atoms with Gasteiger partial charge in [0.05, 0.1) is 14.2 Å². The molecule has 4 aromatic rings. The molecule has 0 aliphatic rings. The number of carbonyl (C=O) groups is 1. The topological polar surface area (TPSA) is 69.7 Å². The van der Waals surface area contributed by atoms with Gasteiger partial charge in [0.1, 0.15) is 28.9 Å². The molecule has 1 heterocycles. The summed E-state index contributed by atoms with van der Waals surface area (Å²) in [7, 11) is 3.17. The van der Waals surface area contributed by atoms with Crippen LogP contribution < -0.4 is 19.5 Å². The van der Waals surface area contributed by atoms with E-state index in [4.69, 9.17) is 14.2 Å². The molecule has 1 N–H and O–H groups in total. The van der Waals surface area contributed by atoms with Crippen LogP contribution in [-0.2, 0) is 13.0 Å². The van der Waals surface area contributed by atoms with Crippen molar-refractivity contribution in [3.05, 3.63) is 94.7 Å². The lowest BCUT2D eigenvalue weighted by Gasteiger charge is -2.12. The number of aromatic nitrogens is 1. The predicted octanol–water partition coefficient (Wildman–Crippen LogP) is 5.52. The Balaban J connectivity index is 1.37. The molecule has 0 aliphatic carbocycles. The van der Waals surface area contributed by atoms with Crippen molar-refractivity contribution < 1.29 is 23.4 Å². The molecule has 0 unspecified atom stereocenters. The summed E-state index contributed by atoms with van der Waals surface area (Å²) in [5, 5.41) is 5.32. The van der Waals surface area contributed by atoms with Crippen LogP contribution in [0.5, 0.6) is 17.2 Å². The van der Waals surface area contributed by atoms with Crippen molar-refractivity contribution in [1.29, 1.82) is 0 Å². The second kappa shape index (κ2) is 11.5. The van der Waals surface area contributed by atoms with E-state index in [0.29, 0.717) is 40.7 Å². The van der Waals surface area contributed by atoms with Crippen molar-refractivity contribution in [3.8, 4) is 27.8 Å². The van der Waals surface area contributed by atoms with Crippen molar-refractivity contribution in [2.24, 2.45) is 0 Å². The van der Waals surface area contributed by atoms with Gasteiger partial charge in [0.25, 0.3) is 5.91 Å². The Bertz CT molecular complexity index is 1290. The van der Waals surface area contributed by atoms with Gasteiger partial charge in [-0.3, -0.25) is 4.79 Å². The highest BCUT2D eigenvalue weighted by Crippen LogP contribution is 2.34. The zero-order valence-electron chi connectivity index (χ0n) is 19.4. The van der Waals surface area contributed by atoms with Gasteiger partial charge in [-0.15, -0.1) is 11.3 Å². The lowest BCUT2D eigenvalue weighted by atomic mass is 10.1. The highest BCUT2D eigenvalue weighted by atomic mass is 32.1. The van der Waals surface area contributed by atoms with Crippen LogP contribution in [0.15, 0.2) is 72.1 Å². The monoisotopic (exact) mass is 492 g/mol. The fraction of sp³-hybridized carbons (Fsp3) is 0.185. The normalized spacial score (nSPS) is 10.6. The molecule has 8 heteroatoms. The maximum atomic E-state index is 13.9. The van der Waals surface area contributed by atoms with Gasteiger partial charge in [-0.05, 0) is 48.4 Å². The molecule has 0 saturated carbocycles. The van der Waals surface area contributed by atoms with Crippen LogP contribution in [0.1, 0.15) is 21.6 Å². The number of halogens is 1. The fourth-order valence-corrected chi connectivity index (χ4v) is 4.20. The molecule has 0 spiro atoms. The number of benzene rings is 3. The van der Waals surface area contributed by atoms with E-state index in [1.54, 1.807) is 49.9 Å². The van der Waals surface area contributed by atoms with Crippen LogP contribution in [0, 0.1) is 5.82 Å². The summed E-state index contributed by atoms with van der Waals surface area (Å²) < 4.78 is 30.3. The Morgan fingerprint density at radius 1 is 1.00 bits per heavy atom. The van der Waals surface area contributed by atoms with Gasteiger partial charge >= 0.3 is 0 Å². The summed E-state index contributed by atoms with van der Waals surface area (Å²) in [6, 6.07) is 19.6. The largest absolute Gasteiger partial charge is 0.497 e. The third-order valence-corrected chi connectivity index (χ3v) is 6.24. The molecule has 180 valence electrons. The highest BCUT2D eigenvalue weighted by molar-refractivity contribution is 7.13. The minimum absolute atomic E-state index is 0.0838. The van der Waals surface area contributed by atoms with E-state index in [9.17, 15) is 9.18 Å². The summed E-state index contributed by atoms with van der Waals surface area (Å²) in [6.45, 7) is 0.584. The van der Waals surface area contributed by atoms with E-state index in [0.717, 1.165) is 16.9 Å². The molecule has 0 aliphatic heterocycles. The van der Waals surface area contributed by atoms with E-state index in [-0.39, 0.29) is 18.3 Å². The van der Waals surface area contributed by atoms with Crippen molar-refractivity contribution >= 4 is 17.2 Å². The Morgan fingerprint density at radius 2 is 1.80 bits per heavy atom. The van der Waals surface area contributed by atoms with Crippen LogP contribution in [0.4, 0.5) is 4.39 Å². The number of ether oxygens (including phenoxy) is 3. The molecule has 35 heavy (non-hydrogen) atoms. The van der Waals surface area contributed by atoms with Gasteiger partial charge in [-0.1, -0.05) is 30.3 Å². The zero-order chi connectivity index (χ0) is 24.6. The van der Waals surface area contributed by atoms with Crippen molar-refractivity contribution in [2.75, 3.05) is 20.8 Å². The molecular weight excluding hydrogens is 467 g/mol. The summed E-state index contributed by atoms with van der Waals surface area (Å²) in [5.41, 5.74) is 2.72. The van der Waals surface area contributed by atoms with Crippen molar-refractivity contribution in [2.45, 2.75) is 13.0 Å². The predicted molar refractivity (Wildman–Crippen MR) is 134 cm³/mol. The van der Waals surface area contributed by atoms with E-state index < -0.39 is 0 Å². The third-order valence-electron chi connectivity index (χ3n) is 5.35. The number of thiazole rings is 1. The van der Waals surface area contributed by atoms with Gasteiger partial charge in [0.15, 0.2) is 11.5 Å². The molecule has 1 aromatic heterocycles. The lowest BCUT2D eigenvalue weighted by Crippen LogP contribution is -2.25. The SMILES string of the molecule is COc1ccc(CCNC(=O)c2csc(-c3ccc(OCc4ccccc4F)c(OC)c3)n2)cc1. The van der Waals surface area contributed by atoms with Gasteiger partial charge < -0.3 is 19.5 Å². The number of carbonyl (C=O) groups excluding carboxylic acids is 1. The van der Waals surface area contributed by atoms with Gasteiger partial charge in [0.2, 0.25) is 0 Å². The summed E-state index contributed by atoms with van der Waals surface area (Å²) in [5.74, 6) is 1.25. The van der Waals surface area contributed by atoms with Crippen molar-refractivity contribution in [3.63, 3.8) is 0 Å². The molecule has 0 fully saturated rings. The average Bonchev–Trinajstić information content (AvgIpc) is 3.39. The lowest BCUT2D eigenvalue weighted by molar-refractivity contribution is 0.0950. The maximum absolute atomic E-state index is 13.9. The van der Waals surface area contributed by atoms with Crippen LogP contribution in [0.25, 0.3) is 10.6 Å². The molecule has 0 atom stereocenters. The molecule has 6 nitrogen and oxygen atoms in total. The molecule has 3 aromatic carbocycles. The van der Waals surface area contributed by atoms with Gasteiger partial charge in [-0.25, -0.2) is 9.37 Å². The Hall–Kier alpha value is -3.91. The minimum Gasteiger partial charge on any atom is -0.497 e. The quantitative estimate of drug-likeness (QED) is 0.316. The standard InChI is InChI=1S/C27H25FN2O4S/c1-32-21-10-7-18(8-11-21)13-14-29-26(31)23-17-35-27(30-23)19-9-12-24(25(15-19)33-2)34-16-20-5-3-4-6-22(20)28/h3-12,15,17H,13-14,16H2,1-2H3,(H,29,31). The van der Waals surface area contributed by atoms with Gasteiger partial charge in [-0.2, -0.15) is 0 Å². The first-order chi connectivity index (χ1) is 17.1. The van der Waals surface area contributed by atoms with E-state index in [1.165, 1.54) is 17.4 Å². The van der Waals surface area contributed by atoms with Crippen LogP contribution in [-0.4, -0.2) is 31.7 Å². The fourth-order valence-electron chi connectivity index (χ4n) is 3.40. The Morgan fingerprint density at radius 3 is 2.54 bits per heavy atom. The summed E-state index contributed by atoms with van der Waals surface area (Å²) in [6.07, 6.45) is 0.707. The van der Waals surface area contributed by atoms with E-state index >= 15 is 0 Å². The molecular formula is C27H25FN2O4S. The molecule has 0 bridgehead atoms. The summed E-state index contributed by atoms with van der Waals surface area (Å²) in [4.78, 5) is 17.0. The smallest absolute Gasteiger partial charge is 0.270 e. The number of rotatable bonds is 10. The van der Waals surface area contributed by atoms with Crippen LogP contribution in [0.3, 0.4) is 0 Å². The third kappa shape index (κ3) is 6.16. The highest BCUT2D eigenvalue weighted by Gasteiger charge is 2.14. The number of nitrogens with zero attached hydrogens (tertiary/aromatic N) is 1.